The molecule has 0 aliphatic rings. The van der Waals surface area contributed by atoms with Gasteiger partial charge in [0.15, 0.2) is 0 Å². The molecule has 0 spiro atoms. The van der Waals surface area contributed by atoms with E-state index in [0.29, 0.717) is 0 Å². The van der Waals surface area contributed by atoms with Gasteiger partial charge in [-0.3, -0.25) is 0 Å². The third-order valence-corrected chi connectivity index (χ3v) is 3.52. The van der Waals surface area contributed by atoms with Crippen molar-refractivity contribution in [1.29, 1.82) is 0 Å². The van der Waals surface area contributed by atoms with Gasteiger partial charge in [0.25, 0.3) is 0 Å². The predicted molar refractivity (Wildman–Crippen MR) is 47.0 cm³/mol. The van der Waals surface area contributed by atoms with E-state index >= 15 is 0 Å². The summed E-state index contributed by atoms with van der Waals surface area (Å²) in [7, 11) is 5.13. The van der Waals surface area contributed by atoms with E-state index in [0.717, 1.165) is 16.4 Å². The summed E-state index contributed by atoms with van der Waals surface area (Å²) >= 11 is -0.774. The third-order valence-electron chi connectivity index (χ3n) is 0.854. The molecule has 0 heterocycles. The van der Waals surface area contributed by atoms with E-state index in [4.69, 9.17) is 14.2 Å². The summed E-state index contributed by atoms with van der Waals surface area (Å²) in [6.07, 6.45) is 0. The van der Waals surface area contributed by atoms with Crippen molar-refractivity contribution in [2.24, 2.45) is 0 Å². The monoisotopic (exact) mass is 217 g/mol. The van der Waals surface area contributed by atoms with Gasteiger partial charge in [-0.25, -0.2) is 0 Å². The van der Waals surface area contributed by atoms with E-state index in [9.17, 15) is 0 Å². The average Bonchev–Trinajstić information content (AvgIpc) is 2.10. The van der Waals surface area contributed by atoms with Gasteiger partial charge in [-0.1, -0.05) is 13.8 Å². The van der Waals surface area contributed by atoms with Gasteiger partial charge in [-0.2, -0.15) is 0 Å². The molecule has 0 aromatic carbocycles. The van der Waals surface area contributed by atoms with Crippen molar-refractivity contribution in [3.63, 3.8) is 0 Å². The molecule has 0 aromatic rings. The fraction of sp³-hybridized carbons (Fsp3) is 1.00. The molecular formula is C8H21CrO3. The van der Waals surface area contributed by atoms with Crippen LogP contribution in [0, 0.1) is 0 Å². The summed E-state index contributed by atoms with van der Waals surface area (Å²) in [6.45, 7) is 4.00. The number of rotatable bonds is 6. The van der Waals surface area contributed by atoms with E-state index in [1.54, 1.807) is 21.3 Å². The van der Waals surface area contributed by atoms with Gasteiger partial charge >= 0.3 is 66.1 Å². The summed E-state index contributed by atoms with van der Waals surface area (Å²) in [5.41, 5.74) is 2.46. The Hall–Kier alpha value is 0.412. The normalized spacial score (nSPS) is 9.50. The zero-order valence-electron chi connectivity index (χ0n) is 8.75. The summed E-state index contributed by atoms with van der Waals surface area (Å²) in [4.78, 5) is 0. The van der Waals surface area contributed by atoms with Crippen molar-refractivity contribution < 1.29 is 28.4 Å². The molecule has 0 radical (unpaired) electrons. The molecule has 0 fully saturated rings. The second-order valence-electron chi connectivity index (χ2n) is 1.83. The minimum atomic E-state index is -0.774. The Morgan fingerprint density at radius 2 is 1.00 bits per heavy atom. The fourth-order valence-electron chi connectivity index (χ4n) is 0.602. The maximum atomic E-state index is 5.00. The van der Waals surface area contributed by atoms with Gasteiger partial charge in [-0.05, 0) is 0 Å². The molecule has 4 heteroatoms. The number of methoxy groups -OCH3 is 3. The van der Waals surface area contributed by atoms with E-state index < -0.39 is 14.1 Å². The van der Waals surface area contributed by atoms with Crippen LogP contribution in [0.2, 0.25) is 0 Å². The first-order chi connectivity index (χ1) is 5.85. The van der Waals surface area contributed by atoms with Crippen LogP contribution in [0.25, 0.3) is 0 Å². The molecule has 0 saturated heterocycles. The van der Waals surface area contributed by atoms with E-state index in [-0.39, 0.29) is 0 Å². The van der Waals surface area contributed by atoms with Crippen LogP contribution in [-0.2, 0) is 28.4 Å². The number of hydrogen-bond acceptors (Lipinski definition) is 3. The molecule has 0 amide bonds. The average molecular weight is 217 g/mol. The molecule has 0 saturated carbocycles. The van der Waals surface area contributed by atoms with Crippen LogP contribution in [0.5, 0.6) is 0 Å². The van der Waals surface area contributed by atoms with Gasteiger partial charge in [0.05, 0.1) is 0 Å². The predicted octanol–water partition coefficient (Wildman–Crippen LogP) is 1.44. The van der Waals surface area contributed by atoms with Crippen molar-refractivity contribution in [3.8, 4) is 0 Å². The zero-order valence-corrected chi connectivity index (χ0v) is 10.0. The van der Waals surface area contributed by atoms with Crippen molar-refractivity contribution in [3.05, 3.63) is 0 Å². The molecule has 12 heavy (non-hydrogen) atoms. The molecule has 3 nitrogen and oxygen atoms in total. The number of hydrogen-bond donors (Lipinski definition) is 0. The Balaban J connectivity index is 0. The number of ether oxygens (including phenoxy) is 3. The molecule has 0 rings (SSSR count). The Labute approximate surface area is 80.4 Å². The summed E-state index contributed by atoms with van der Waals surface area (Å²) < 4.78 is 15.0. The molecule has 0 aliphatic heterocycles. The van der Waals surface area contributed by atoms with Crippen LogP contribution in [0.1, 0.15) is 13.8 Å². The molecule has 0 unspecified atom stereocenters. The van der Waals surface area contributed by atoms with Crippen LogP contribution in [0.4, 0.5) is 0 Å². The maximum absolute atomic E-state index is 5.00. The summed E-state index contributed by atoms with van der Waals surface area (Å²) in [5.74, 6) is 0. The van der Waals surface area contributed by atoms with E-state index in [1.165, 1.54) is 0 Å². The van der Waals surface area contributed by atoms with Crippen LogP contribution >= 0.6 is 0 Å². The van der Waals surface area contributed by atoms with Gasteiger partial charge in [0, 0.05) is 0 Å². The molecule has 77 valence electrons. The second kappa shape index (κ2) is 14.0. The second-order valence-corrected chi connectivity index (χ2v) is 4.85. The van der Waals surface area contributed by atoms with E-state index in [1.807, 2.05) is 13.8 Å². The first-order valence-electron chi connectivity index (χ1n) is 3.96. The summed E-state index contributed by atoms with van der Waals surface area (Å²) in [6, 6.07) is 0. The van der Waals surface area contributed by atoms with Gasteiger partial charge in [0.1, 0.15) is 0 Å². The molecule has 0 bridgehead atoms. The Bertz CT molecular complexity index is 57.1. The van der Waals surface area contributed by atoms with Crippen molar-refractivity contribution in [2.45, 2.75) is 13.8 Å². The summed E-state index contributed by atoms with van der Waals surface area (Å²) in [5, 5.41) is 0. The Morgan fingerprint density at radius 1 is 0.750 bits per heavy atom. The molecule has 0 atom stereocenters. The third kappa shape index (κ3) is 10.4. The van der Waals surface area contributed by atoms with Crippen LogP contribution in [0.15, 0.2) is 0 Å². The van der Waals surface area contributed by atoms with E-state index in [2.05, 4.69) is 0 Å². The fourth-order valence-corrected chi connectivity index (χ4v) is 2.48. The van der Waals surface area contributed by atoms with Crippen molar-refractivity contribution >= 4 is 0 Å². The molecule has 0 aromatic heterocycles. The van der Waals surface area contributed by atoms with Crippen molar-refractivity contribution in [1.82, 2.24) is 0 Å². The first-order valence-corrected chi connectivity index (χ1v) is 6.66. The molecular weight excluding hydrogens is 196 g/mol. The van der Waals surface area contributed by atoms with Crippen LogP contribution < -0.4 is 0 Å². The molecule has 0 aliphatic carbocycles. The van der Waals surface area contributed by atoms with Gasteiger partial charge in [0.2, 0.25) is 0 Å². The van der Waals surface area contributed by atoms with Crippen molar-refractivity contribution in [2.75, 3.05) is 37.7 Å². The standard InChI is InChI=1S/3C2H5O.C2H6.Cr/c3*1-3-2;1-2;/h3*1H2,2H3;1-2H3;. The van der Waals surface area contributed by atoms with Crippen LogP contribution in [0.3, 0.4) is 0 Å². The molecule has 0 N–H and O–H groups in total. The minimum absolute atomic E-state index is 0.774. The quantitative estimate of drug-likeness (QED) is 0.674. The van der Waals surface area contributed by atoms with Gasteiger partial charge in [-0.15, -0.1) is 0 Å². The van der Waals surface area contributed by atoms with Gasteiger partial charge < -0.3 is 0 Å². The Kier molecular flexibility index (Phi) is 17.4. The first kappa shape index (κ1) is 14.9. The Morgan fingerprint density at radius 3 is 1.17 bits per heavy atom. The topological polar surface area (TPSA) is 27.7 Å². The zero-order chi connectivity index (χ0) is 9.82. The van der Waals surface area contributed by atoms with Crippen LogP contribution in [-0.4, -0.2) is 37.7 Å². The SMILES string of the molecule is CC.CO[CH2][Cr]([CH2]OC)[CH2]OC.